The van der Waals surface area contributed by atoms with Crippen molar-refractivity contribution in [3.05, 3.63) is 41.4 Å². The number of imidazole rings is 1. The van der Waals surface area contributed by atoms with E-state index >= 15 is 0 Å². The fourth-order valence-corrected chi connectivity index (χ4v) is 1.56. The van der Waals surface area contributed by atoms with Crippen molar-refractivity contribution in [3.63, 3.8) is 0 Å². The van der Waals surface area contributed by atoms with Crippen LogP contribution in [0.3, 0.4) is 0 Å². The monoisotopic (exact) mass is 250 g/mol. The van der Waals surface area contributed by atoms with Crippen molar-refractivity contribution in [2.45, 2.75) is 0 Å². The second-order valence-electron chi connectivity index (χ2n) is 3.58. The van der Waals surface area contributed by atoms with Gasteiger partial charge >= 0.3 is 0 Å². The normalized spacial score (nSPS) is 10.2. The largest absolute Gasteiger partial charge is 0.398 e. The Labute approximate surface area is 103 Å². The highest BCUT2D eigenvalue weighted by Gasteiger charge is 2.10. The van der Waals surface area contributed by atoms with Crippen LogP contribution in [-0.2, 0) is 7.05 Å². The highest BCUT2D eigenvalue weighted by atomic mass is 35.5. The molecule has 0 fully saturated rings. The molecule has 0 aliphatic carbocycles. The Morgan fingerprint density at radius 1 is 1.53 bits per heavy atom. The summed E-state index contributed by atoms with van der Waals surface area (Å²) >= 11 is 5.86. The van der Waals surface area contributed by atoms with Crippen LogP contribution in [0.2, 0.25) is 5.02 Å². The number of nitrogens with zero attached hydrogens (tertiary/aromatic N) is 2. The molecule has 0 aliphatic heterocycles. The lowest BCUT2D eigenvalue weighted by Gasteiger charge is -2.06. The predicted molar refractivity (Wildman–Crippen MR) is 67.0 cm³/mol. The zero-order chi connectivity index (χ0) is 12.4. The van der Waals surface area contributed by atoms with Gasteiger partial charge in [0.05, 0.1) is 23.2 Å². The molecule has 0 saturated heterocycles. The zero-order valence-electron chi connectivity index (χ0n) is 9.14. The molecule has 88 valence electrons. The van der Waals surface area contributed by atoms with Gasteiger partial charge in [0.15, 0.2) is 0 Å². The smallest absolute Gasteiger partial charge is 0.273 e. The zero-order valence-corrected chi connectivity index (χ0v) is 9.90. The van der Waals surface area contributed by atoms with Gasteiger partial charge in [0, 0.05) is 12.7 Å². The number of hydrogen-bond donors (Lipinski definition) is 2. The molecule has 1 heterocycles. The molecule has 0 aliphatic rings. The fourth-order valence-electron chi connectivity index (χ4n) is 1.38. The van der Waals surface area contributed by atoms with Gasteiger partial charge in [0.2, 0.25) is 0 Å². The van der Waals surface area contributed by atoms with Crippen LogP contribution in [0.4, 0.5) is 11.4 Å². The summed E-state index contributed by atoms with van der Waals surface area (Å²) in [7, 11) is 1.75. The highest BCUT2D eigenvalue weighted by Crippen LogP contribution is 2.22. The Balaban J connectivity index is 2.19. The van der Waals surface area contributed by atoms with Gasteiger partial charge in [0.1, 0.15) is 5.69 Å². The minimum atomic E-state index is -0.245. The van der Waals surface area contributed by atoms with Crippen LogP contribution in [-0.4, -0.2) is 15.5 Å². The Kier molecular flexibility index (Phi) is 3.01. The van der Waals surface area contributed by atoms with Crippen LogP contribution in [0.25, 0.3) is 0 Å². The SMILES string of the molecule is Cn1cncc1C(=O)Nc1ccc(N)c(Cl)c1. The van der Waals surface area contributed by atoms with Gasteiger partial charge in [-0.15, -0.1) is 0 Å². The molecular formula is C11H11ClN4O. The standard InChI is InChI=1S/C11H11ClN4O/c1-16-6-14-5-10(16)11(17)15-7-2-3-9(13)8(12)4-7/h2-6H,13H2,1H3,(H,15,17). The molecule has 0 atom stereocenters. The number of hydrogen-bond acceptors (Lipinski definition) is 3. The molecule has 0 unspecified atom stereocenters. The highest BCUT2D eigenvalue weighted by molar-refractivity contribution is 6.33. The van der Waals surface area contributed by atoms with Crippen LogP contribution < -0.4 is 11.1 Å². The summed E-state index contributed by atoms with van der Waals surface area (Å²) in [6.45, 7) is 0. The third-order valence-electron chi connectivity index (χ3n) is 2.31. The lowest BCUT2D eigenvalue weighted by Crippen LogP contribution is -2.15. The number of aryl methyl sites for hydroxylation is 1. The van der Waals surface area contributed by atoms with Gasteiger partial charge in [0.25, 0.3) is 5.91 Å². The molecule has 0 saturated carbocycles. The lowest BCUT2D eigenvalue weighted by atomic mass is 10.2. The maximum absolute atomic E-state index is 11.8. The van der Waals surface area contributed by atoms with Gasteiger partial charge in [-0.1, -0.05) is 11.6 Å². The van der Waals surface area contributed by atoms with Crippen molar-refractivity contribution in [2.24, 2.45) is 7.05 Å². The molecule has 2 aromatic rings. The number of nitrogens with two attached hydrogens (primary N) is 1. The van der Waals surface area contributed by atoms with Crippen molar-refractivity contribution >= 4 is 28.9 Å². The quantitative estimate of drug-likeness (QED) is 0.800. The number of halogens is 1. The van der Waals surface area contributed by atoms with E-state index in [0.717, 1.165) is 0 Å². The summed E-state index contributed by atoms with van der Waals surface area (Å²) in [4.78, 5) is 15.7. The van der Waals surface area contributed by atoms with Crippen molar-refractivity contribution in [1.82, 2.24) is 9.55 Å². The lowest BCUT2D eigenvalue weighted by molar-refractivity contribution is 0.101. The molecule has 3 N–H and O–H groups in total. The molecule has 17 heavy (non-hydrogen) atoms. The van der Waals surface area contributed by atoms with Gasteiger partial charge in [-0.2, -0.15) is 0 Å². The van der Waals surface area contributed by atoms with Crippen molar-refractivity contribution in [2.75, 3.05) is 11.1 Å². The van der Waals surface area contributed by atoms with E-state index in [-0.39, 0.29) is 5.91 Å². The van der Waals surface area contributed by atoms with E-state index in [9.17, 15) is 4.79 Å². The first-order valence-electron chi connectivity index (χ1n) is 4.90. The summed E-state index contributed by atoms with van der Waals surface area (Å²) < 4.78 is 1.63. The number of rotatable bonds is 2. The maximum atomic E-state index is 11.8. The second-order valence-corrected chi connectivity index (χ2v) is 3.99. The molecule has 0 bridgehead atoms. The van der Waals surface area contributed by atoms with Crippen LogP contribution >= 0.6 is 11.6 Å². The van der Waals surface area contributed by atoms with E-state index in [1.807, 2.05) is 0 Å². The first-order valence-corrected chi connectivity index (χ1v) is 5.28. The number of carbonyl (C=O) groups is 1. The van der Waals surface area contributed by atoms with Gasteiger partial charge < -0.3 is 15.6 Å². The maximum Gasteiger partial charge on any atom is 0.273 e. The molecular weight excluding hydrogens is 240 g/mol. The number of carbonyl (C=O) groups excluding carboxylic acids is 1. The Morgan fingerprint density at radius 2 is 2.29 bits per heavy atom. The topological polar surface area (TPSA) is 72.9 Å². The van der Waals surface area contributed by atoms with Crippen LogP contribution in [0.1, 0.15) is 10.5 Å². The minimum Gasteiger partial charge on any atom is -0.398 e. The van der Waals surface area contributed by atoms with Crippen molar-refractivity contribution in [1.29, 1.82) is 0 Å². The molecule has 0 spiro atoms. The van der Waals surface area contributed by atoms with E-state index in [1.165, 1.54) is 6.20 Å². The van der Waals surface area contributed by atoms with E-state index in [0.29, 0.717) is 22.1 Å². The molecule has 1 aromatic carbocycles. The van der Waals surface area contributed by atoms with Crippen LogP contribution in [0.15, 0.2) is 30.7 Å². The molecule has 5 nitrogen and oxygen atoms in total. The molecule has 1 amide bonds. The Morgan fingerprint density at radius 3 is 2.88 bits per heavy atom. The number of benzene rings is 1. The Hall–Kier alpha value is -2.01. The third kappa shape index (κ3) is 2.39. The van der Waals surface area contributed by atoms with Gasteiger partial charge in [-0.05, 0) is 18.2 Å². The summed E-state index contributed by atoms with van der Waals surface area (Å²) in [6.07, 6.45) is 3.05. The predicted octanol–water partition coefficient (Wildman–Crippen LogP) is 1.91. The van der Waals surface area contributed by atoms with Crippen LogP contribution in [0, 0.1) is 0 Å². The average Bonchev–Trinajstić information content (AvgIpc) is 2.70. The number of nitrogen functional groups attached to an aromatic ring is 1. The van der Waals surface area contributed by atoms with Crippen molar-refractivity contribution in [3.8, 4) is 0 Å². The second kappa shape index (κ2) is 4.47. The van der Waals surface area contributed by atoms with Gasteiger partial charge in [-0.3, -0.25) is 4.79 Å². The van der Waals surface area contributed by atoms with E-state index < -0.39 is 0 Å². The van der Waals surface area contributed by atoms with Crippen molar-refractivity contribution < 1.29 is 4.79 Å². The summed E-state index contributed by atoms with van der Waals surface area (Å²) in [5.74, 6) is -0.245. The first kappa shape index (κ1) is 11.5. The summed E-state index contributed by atoms with van der Waals surface area (Å²) in [6, 6.07) is 4.93. The molecule has 6 heteroatoms. The van der Waals surface area contributed by atoms with Crippen LogP contribution in [0.5, 0.6) is 0 Å². The number of aromatic nitrogens is 2. The molecule has 2 rings (SSSR count). The number of anilines is 2. The summed E-state index contributed by atoms with van der Waals surface area (Å²) in [5, 5.41) is 3.12. The first-order chi connectivity index (χ1) is 8.08. The molecule has 0 radical (unpaired) electrons. The number of amides is 1. The fraction of sp³-hybridized carbons (Fsp3) is 0.0909. The molecule has 1 aromatic heterocycles. The van der Waals surface area contributed by atoms with E-state index in [2.05, 4.69) is 10.3 Å². The third-order valence-corrected chi connectivity index (χ3v) is 2.63. The number of nitrogens with one attached hydrogen (secondary N) is 1. The average molecular weight is 251 g/mol. The van der Waals surface area contributed by atoms with E-state index in [1.54, 1.807) is 36.1 Å². The summed E-state index contributed by atoms with van der Waals surface area (Å²) in [5.41, 5.74) is 7.12. The van der Waals surface area contributed by atoms with E-state index in [4.69, 9.17) is 17.3 Å². The Bertz CT molecular complexity index is 564. The minimum absolute atomic E-state index is 0.245. The van der Waals surface area contributed by atoms with Gasteiger partial charge in [-0.25, -0.2) is 4.98 Å².